The van der Waals surface area contributed by atoms with Crippen LogP contribution in [0.1, 0.15) is 15.9 Å². The summed E-state index contributed by atoms with van der Waals surface area (Å²) in [5.74, 6) is -0.865. The van der Waals surface area contributed by atoms with E-state index < -0.39 is 5.97 Å². The minimum Gasteiger partial charge on any atom is -0.480 e. The molecule has 0 bridgehead atoms. The van der Waals surface area contributed by atoms with Crippen molar-refractivity contribution in [2.75, 3.05) is 7.11 Å². The molecule has 0 radical (unpaired) electrons. The van der Waals surface area contributed by atoms with E-state index in [1.165, 1.54) is 7.11 Å². The minimum atomic E-state index is -1.02. The quantitative estimate of drug-likeness (QED) is 0.838. The van der Waals surface area contributed by atoms with Crippen LogP contribution in [0, 0.1) is 6.92 Å². The normalized spacial score (nSPS) is 10.4. The number of nitrogens with zero attached hydrogens (tertiary/aromatic N) is 1. The van der Waals surface area contributed by atoms with Crippen molar-refractivity contribution in [3.05, 3.63) is 35.4 Å². The molecule has 82 valence electrons. The molecule has 0 atom stereocenters. The number of aryl methyl sites for hydroxylation is 1. The maximum absolute atomic E-state index is 11.1. The van der Waals surface area contributed by atoms with Crippen molar-refractivity contribution in [2.45, 2.75) is 6.92 Å². The Balaban J connectivity index is 2.87. The minimum absolute atomic E-state index is 0.126. The summed E-state index contributed by atoms with van der Waals surface area (Å²) in [5, 5.41) is 9.95. The maximum Gasteiger partial charge on any atom is 0.341 e. The molecule has 2 aromatic rings. The van der Waals surface area contributed by atoms with E-state index in [0.29, 0.717) is 5.56 Å². The molecule has 2 rings (SSSR count). The predicted octanol–water partition coefficient (Wildman–Crippen LogP) is 2.25. The Kier molecular flexibility index (Phi) is 2.48. The fourth-order valence-corrected chi connectivity index (χ4v) is 1.75. The number of hydrogen-bond donors (Lipinski definition) is 1. The number of hydrogen-bond acceptors (Lipinski definition) is 3. The Labute approximate surface area is 92.5 Å². The zero-order valence-electron chi connectivity index (χ0n) is 9.02. The zero-order chi connectivity index (χ0) is 11.7. The number of rotatable bonds is 2. The summed E-state index contributed by atoms with van der Waals surface area (Å²) in [7, 11) is 1.42. The van der Waals surface area contributed by atoms with Gasteiger partial charge in [0.25, 0.3) is 0 Å². The van der Waals surface area contributed by atoms with Gasteiger partial charge in [0.1, 0.15) is 5.56 Å². The van der Waals surface area contributed by atoms with Crippen LogP contribution < -0.4 is 4.74 Å². The van der Waals surface area contributed by atoms with Crippen LogP contribution in [0.15, 0.2) is 24.3 Å². The molecule has 0 spiro atoms. The fraction of sp³-hybridized carbons (Fsp3) is 0.167. The Morgan fingerprint density at radius 2 is 2.06 bits per heavy atom. The number of para-hydroxylation sites is 1. The molecule has 4 nitrogen and oxygen atoms in total. The molecule has 0 fully saturated rings. The summed E-state index contributed by atoms with van der Waals surface area (Å²) in [6.45, 7) is 1.76. The average molecular weight is 217 g/mol. The van der Waals surface area contributed by atoms with Gasteiger partial charge < -0.3 is 9.84 Å². The maximum atomic E-state index is 11.1. The van der Waals surface area contributed by atoms with E-state index >= 15 is 0 Å². The summed E-state index contributed by atoms with van der Waals surface area (Å²) in [6.07, 6.45) is 0. The first-order chi connectivity index (χ1) is 7.65. The third-order valence-electron chi connectivity index (χ3n) is 2.53. The van der Waals surface area contributed by atoms with Crippen LogP contribution in [0.3, 0.4) is 0 Å². The van der Waals surface area contributed by atoms with Gasteiger partial charge in [-0.3, -0.25) is 0 Å². The van der Waals surface area contributed by atoms with Crippen LogP contribution >= 0.6 is 0 Å². The van der Waals surface area contributed by atoms with Crippen molar-refractivity contribution in [3.8, 4) is 5.88 Å². The van der Waals surface area contributed by atoms with Gasteiger partial charge in [0.15, 0.2) is 0 Å². The predicted molar refractivity (Wildman–Crippen MR) is 60.0 cm³/mol. The molecule has 1 N–H and O–H groups in total. The standard InChI is InChI=1S/C12H11NO3/c1-7-8-5-3-4-6-9(8)13-11(16-2)10(7)12(14)15/h3-6H,1-2H3,(H,14,15). The van der Waals surface area contributed by atoms with E-state index in [1.54, 1.807) is 6.92 Å². The highest BCUT2D eigenvalue weighted by molar-refractivity contribution is 5.98. The van der Waals surface area contributed by atoms with E-state index in [2.05, 4.69) is 4.98 Å². The highest BCUT2D eigenvalue weighted by Crippen LogP contribution is 2.26. The molecular weight excluding hydrogens is 206 g/mol. The summed E-state index contributed by atoms with van der Waals surface area (Å²) in [4.78, 5) is 15.3. The zero-order valence-corrected chi connectivity index (χ0v) is 9.02. The van der Waals surface area contributed by atoms with Gasteiger partial charge in [0, 0.05) is 5.39 Å². The number of aromatic nitrogens is 1. The lowest BCUT2D eigenvalue weighted by Crippen LogP contribution is -2.06. The Morgan fingerprint density at radius 3 is 2.69 bits per heavy atom. The molecule has 0 unspecified atom stereocenters. The topological polar surface area (TPSA) is 59.4 Å². The lowest BCUT2D eigenvalue weighted by molar-refractivity contribution is 0.0692. The van der Waals surface area contributed by atoms with Gasteiger partial charge in [0.05, 0.1) is 12.6 Å². The molecule has 4 heteroatoms. The molecule has 0 aliphatic carbocycles. The summed E-state index contributed by atoms with van der Waals surface area (Å²) in [5.41, 5.74) is 1.54. The monoisotopic (exact) mass is 217 g/mol. The number of carboxylic acids is 1. The third-order valence-corrected chi connectivity index (χ3v) is 2.53. The molecule has 0 saturated carbocycles. The number of carboxylic acid groups (broad SMARTS) is 1. The van der Waals surface area contributed by atoms with Crippen LogP contribution in [0.4, 0.5) is 0 Å². The van der Waals surface area contributed by atoms with Crippen LogP contribution in [0.5, 0.6) is 5.88 Å². The lowest BCUT2D eigenvalue weighted by Gasteiger charge is -2.09. The largest absolute Gasteiger partial charge is 0.480 e. The first-order valence-electron chi connectivity index (χ1n) is 4.81. The van der Waals surface area contributed by atoms with Crippen LogP contribution in [-0.4, -0.2) is 23.2 Å². The number of fused-ring (bicyclic) bond motifs is 1. The molecule has 1 aromatic carbocycles. The number of carbonyl (C=O) groups is 1. The highest BCUT2D eigenvalue weighted by atomic mass is 16.5. The van der Waals surface area contributed by atoms with Crippen molar-refractivity contribution in [1.29, 1.82) is 0 Å². The van der Waals surface area contributed by atoms with E-state index in [9.17, 15) is 4.79 Å². The van der Waals surface area contributed by atoms with Gasteiger partial charge in [-0.15, -0.1) is 0 Å². The smallest absolute Gasteiger partial charge is 0.341 e. The molecule has 16 heavy (non-hydrogen) atoms. The molecule has 0 amide bonds. The lowest BCUT2D eigenvalue weighted by atomic mass is 10.0. The van der Waals surface area contributed by atoms with Gasteiger partial charge in [-0.25, -0.2) is 9.78 Å². The number of ether oxygens (including phenoxy) is 1. The molecule has 1 heterocycles. The van der Waals surface area contributed by atoms with E-state index in [0.717, 1.165) is 10.9 Å². The van der Waals surface area contributed by atoms with Gasteiger partial charge in [-0.1, -0.05) is 18.2 Å². The van der Waals surface area contributed by atoms with Crippen molar-refractivity contribution in [3.63, 3.8) is 0 Å². The number of methoxy groups -OCH3 is 1. The second-order valence-corrected chi connectivity index (χ2v) is 3.44. The number of aromatic carboxylic acids is 1. The van der Waals surface area contributed by atoms with E-state index in [-0.39, 0.29) is 11.4 Å². The second kappa shape index (κ2) is 3.81. The Bertz CT molecular complexity index is 563. The first kappa shape index (κ1) is 10.4. The van der Waals surface area contributed by atoms with Crippen molar-refractivity contribution < 1.29 is 14.6 Å². The van der Waals surface area contributed by atoms with E-state index in [1.807, 2.05) is 24.3 Å². The fourth-order valence-electron chi connectivity index (χ4n) is 1.75. The van der Waals surface area contributed by atoms with Gasteiger partial charge in [-0.2, -0.15) is 0 Å². The van der Waals surface area contributed by atoms with E-state index in [4.69, 9.17) is 9.84 Å². The second-order valence-electron chi connectivity index (χ2n) is 3.44. The average Bonchev–Trinajstić information content (AvgIpc) is 2.28. The van der Waals surface area contributed by atoms with Crippen LogP contribution in [-0.2, 0) is 0 Å². The van der Waals surface area contributed by atoms with Crippen molar-refractivity contribution in [2.24, 2.45) is 0 Å². The summed E-state index contributed by atoms with van der Waals surface area (Å²) in [6, 6.07) is 7.39. The van der Waals surface area contributed by atoms with Crippen LogP contribution in [0.25, 0.3) is 10.9 Å². The van der Waals surface area contributed by atoms with Gasteiger partial charge >= 0.3 is 5.97 Å². The van der Waals surface area contributed by atoms with Gasteiger partial charge in [-0.05, 0) is 18.6 Å². The molecule has 1 aromatic heterocycles. The van der Waals surface area contributed by atoms with Gasteiger partial charge in [0.2, 0.25) is 5.88 Å². The highest BCUT2D eigenvalue weighted by Gasteiger charge is 2.18. The van der Waals surface area contributed by atoms with Crippen LogP contribution in [0.2, 0.25) is 0 Å². The number of benzene rings is 1. The van der Waals surface area contributed by atoms with Crippen molar-refractivity contribution >= 4 is 16.9 Å². The Hall–Kier alpha value is -2.10. The molecule has 0 aliphatic rings. The molecule has 0 aliphatic heterocycles. The summed E-state index contributed by atoms with van der Waals surface area (Å²) < 4.78 is 5.00. The number of pyridine rings is 1. The van der Waals surface area contributed by atoms with Crippen molar-refractivity contribution in [1.82, 2.24) is 4.98 Å². The first-order valence-corrected chi connectivity index (χ1v) is 4.81. The summed E-state index contributed by atoms with van der Waals surface area (Å²) >= 11 is 0. The SMILES string of the molecule is COc1nc2ccccc2c(C)c1C(=O)O. The Morgan fingerprint density at radius 1 is 1.38 bits per heavy atom. The third kappa shape index (κ3) is 1.48. The molecule has 0 saturated heterocycles. The molecular formula is C12H11NO3.